The molecule has 6 nitrogen and oxygen atoms in total. The van der Waals surface area contributed by atoms with Crippen LogP contribution in [0.15, 0.2) is 23.2 Å². The summed E-state index contributed by atoms with van der Waals surface area (Å²) in [6, 6.07) is 6.16. The molecule has 2 N–H and O–H groups in total. The van der Waals surface area contributed by atoms with Crippen molar-refractivity contribution in [3.05, 3.63) is 29.3 Å². The number of ether oxygens (including phenoxy) is 1. The van der Waals surface area contributed by atoms with Gasteiger partial charge in [0.25, 0.3) is 0 Å². The van der Waals surface area contributed by atoms with Crippen molar-refractivity contribution in [3.63, 3.8) is 0 Å². The molecule has 152 valence electrons. The third kappa shape index (κ3) is 7.94. The number of benzene rings is 1. The molecule has 1 saturated heterocycles. The third-order valence-electron chi connectivity index (χ3n) is 4.20. The minimum Gasteiger partial charge on any atom is -0.491 e. The Kier molecular flexibility index (Phi) is 10.5. The Labute approximate surface area is 180 Å². The molecule has 1 aromatic carbocycles. The number of aliphatic imine (C=N–C) groups is 1. The highest BCUT2D eigenvalue weighted by Crippen LogP contribution is 2.22. The third-order valence-corrected chi connectivity index (χ3v) is 4.20. The van der Waals surface area contributed by atoms with Crippen molar-refractivity contribution >= 4 is 35.8 Å². The fourth-order valence-corrected chi connectivity index (χ4v) is 2.90. The van der Waals surface area contributed by atoms with E-state index in [-0.39, 0.29) is 42.5 Å². The number of nitrogens with one attached hydrogen (secondary N) is 2. The first-order chi connectivity index (χ1) is 12.5. The molecule has 1 heterocycles. The van der Waals surface area contributed by atoms with Crippen molar-refractivity contribution in [2.75, 3.05) is 26.2 Å². The maximum Gasteiger partial charge on any atom is 0.241 e. The van der Waals surface area contributed by atoms with Gasteiger partial charge in [-0.3, -0.25) is 4.79 Å². The van der Waals surface area contributed by atoms with Crippen LogP contribution in [-0.2, 0) is 11.3 Å². The molecule has 0 spiro atoms. The molecule has 1 aromatic rings. The van der Waals surface area contributed by atoms with Crippen LogP contribution in [0.4, 0.5) is 0 Å². The number of aryl methyl sites for hydroxylation is 1. The fourth-order valence-electron chi connectivity index (χ4n) is 2.90. The SMILES string of the molecule is CCNC(=NCc1ccc(C)cc1OC(C)C)NCC(=O)N1CCCC1.I. The number of amides is 1. The Morgan fingerprint density at radius 3 is 2.59 bits per heavy atom. The number of halogens is 1. The van der Waals surface area contributed by atoms with Crippen molar-refractivity contribution in [3.8, 4) is 5.75 Å². The smallest absolute Gasteiger partial charge is 0.241 e. The first kappa shape index (κ1) is 23.5. The highest BCUT2D eigenvalue weighted by atomic mass is 127. The zero-order chi connectivity index (χ0) is 18.9. The van der Waals surface area contributed by atoms with Crippen molar-refractivity contribution in [1.82, 2.24) is 15.5 Å². The van der Waals surface area contributed by atoms with E-state index in [2.05, 4.69) is 34.7 Å². The van der Waals surface area contributed by atoms with Gasteiger partial charge in [-0.1, -0.05) is 12.1 Å². The number of hydrogen-bond donors (Lipinski definition) is 2. The molecule has 27 heavy (non-hydrogen) atoms. The van der Waals surface area contributed by atoms with Crippen molar-refractivity contribution in [2.24, 2.45) is 4.99 Å². The maximum atomic E-state index is 12.2. The van der Waals surface area contributed by atoms with Gasteiger partial charge >= 0.3 is 0 Å². The molecule has 0 bridgehead atoms. The van der Waals surface area contributed by atoms with Gasteiger partial charge in [0.15, 0.2) is 5.96 Å². The average Bonchev–Trinajstić information content (AvgIpc) is 3.12. The van der Waals surface area contributed by atoms with E-state index in [1.807, 2.05) is 31.7 Å². The van der Waals surface area contributed by atoms with Gasteiger partial charge < -0.3 is 20.3 Å². The Hall–Kier alpha value is -1.51. The molecular formula is C20H33IN4O2. The molecule has 0 atom stereocenters. The van der Waals surface area contributed by atoms with E-state index in [0.29, 0.717) is 12.5 Å². The van der Waals surface area contributed by atoms with Gasteiger partial charge in [-0.2, -0.15) is 0 Å². The summed E-state index contributed by atoms with van der Waals surface area (Å²) in [5.41, 5.74) is 2.20. The molecule has 0 saturated carbocycles. The van der Waals surface area contributed by atoms with Gasteiger partial charge in [-0.25, -0.2) is 4.99 Å². The molecule has 0 radical (unpaired) electrons. The number of likely N-dealkylation sites (tertiary alicyclic amines) is 1. The number of carbonyl (C=O) groups is 1. The maximum absolute atomic E-state index is 12.2. The number of guanidine groups is 1. The minimum absolute atomic E-state index is 0. The summed E-state index contributed by atoms with van der Waals surface area (Å²) in [4.78, 5) is 18.7. The molecule has 0 aromatic heterocycles. The molecule has 1 aliphatic heterocycles. The van der Waals surface area contributed by atoms with Gasteiger partial charge in [0, 0.05) is 25.2 Å². The van der Waals surface area contributed by atoms with Crippen LogP contribution < -0.4 is 15.4 Å². The van der Waals surface area contributed by atoms with Gasteiger partial charge in [0.05, 0.1) is 19.2 Å². The lowest BCUT2D eigenvalue weighted by atomic mass is 10.1. The number of nitrogens with zero attached hydrogens (tertiary/aromatic N) is 2. The summed E-state index contributed by atoms with van der Waals surface area (Å²) in [5.74, 6) is 1.65. The lowest BCUT2D eigenvalue weighted by Gasteiger charge is -2.17. The molecule has 0 aliphatic carbocycles. The first-order valence-corrected chi connectivity index (χ1v) is 9.55. The van der Waals surface area contributed by atoms with Crippen LogP contribution >= 0.6 is 24.0 Å². The number of carbonyl (C=O) groups excluding carboxylic acids is 1. The van der Waals surface area contributed by atoms with Crippen LogP contribution in [0.2, 0.25) is 0 Å². The Morgan fingerprint density at radius 2 is 1.96 bits per heavy atom. The minimum atomic E-state index is 0. The quantitative estimate of drug-likeness (QED) is 0.352. The monoisotopic (exact) mass is 488 g/mol. The summed E-state index contributed by atoms with van der Waals surface area (Å²) in [6.45, 7) is 11.4. The second-order valence-electron chi connectivity index (χ2n) is 6.91. The fraction of sp³-hybridized carbons (Fsp3) is 0.600. The number of rotatable bonds is 7. The van der Waals surface area contributed by atoms with Gasteiger partial charge in [-0.05, 0) is 52.2 Å². The van der Waals surface area contributed by atoms with E-state index < -0.39 is 0 Å². The summed E-state index contributed by atoms with van der Waals surface area (Å²) in [5, 5.41) is 6.34. The normalized spacial score (nSPS) is 14.1. The van der Waals surface area contributed by atoms with Crippen molar-refractivity contribution in [2.45, 2.75) is 53.2 Å². The van der Waals surface area contributed by atoms with Crippen LogP contribution in [-0.4, -0.2) is 49.0 Å². The van der Waals surface area contributed by atoms with Gasteiger partial charge in [-0.15, -0.1) is 24.0 Å². The Morgan fingerprint density at radius 1 is 1.26 bits per heavy atom. The summed E-state index contributed by atoms with van der Waals surface area (Å²) >= 11 is 0. The highest BCUT2D eigenvalue weighted by molar-refractivity contribution is 14.0. The molecule has 1 aliphatic rings. The first-order valence-electron chi connectivity index (χ1n) is 9.55. The zero-order valence-electron chi connectivity index (χ0n) is 16.9. The van der Waals surface area contributed by atoms with Crippen LogP contribution in [0.1, 0.15) is 44.7 Å². The second kappa shape index (κ2) is 12.0. The topological polar surface area (TPSA) is 66.0 Å². The van der Waals surface area contributed by atoms with Gasteiger partial charge in [0.2, 0.25) is 5.91 Å². The Bertz CT molecular complexity index is 628. The summed E-state index contributed by atoms with van der Waals surface area (Å²) in [6.07, 6.45) is 2.32. The van der Waals surface area contributed by atoms with Crippen molar-refractivity contribution in [1.29, 1.82) is 0 Å². The predicted octanol–water partition coefficient (Wildman–Crippen LogP) is 3.08. The molecular weight excluding hydrogens is 455 g/mol. The van der Waals surface area contributed by atoms with Crippen LogP contribution in [0.5, 0.6) is 5.75 Å². The zero-order valence-corrected chi connectivity index (χ0v) is 19.2. The summed E-state index contributed by atoms with van der Waals surface area (Å²) in [7, 11) is 0. The van der Waals surface area contributed by atoms with E-state index in [0.717, 1.165) is 49.4 Å². The highest BCUT2D eigenvalue weighted by Gasteiger charge is 2.17. The van der Waals surface area contributed by atoms with Crippen molar-refractivity contribution < 1.29 is 9.53 Å². The van der Waals surface area contributed by atoms with Crippen LogP contribution in [0.25, 0.3) is 0 Å². The lowest BCUT2D eigenvalue weighted by Crippen LogP contribution is -2.44. The molecule has 1 fully saturated rings. The van der Waals surface area contributed by atoms with Crippen LogP contribution in [0, 0.1) is 6.92 Å². The van der Waals surface area contributed by atoms with E-state index in [1.54, 1.807) is 0 Å². The van der Waals surface area contributed by atoms with E-state index >= 15 is 0 Å². The average molecular weight is 488 g/mol. The largest absolute Gasteiger partial charge is 0.491 e. The van der Waals surface area contributed by atoms with E-state index in [9.17, 15) is 4.79 Å². The molecule has 7 heteroatoms. The lowest BCUT2D eigenvalue weighted by molar-refractivity contribution is -0.128. The Balaban J connectivity index is 0.00000364. The summed E-state index contributed by atoms with van der Waals surface area (Å²) < 4.78 is 5.91. The van der Waals surface area contributed by atoms with E-state index in [1.165, 1.54) is 0 Å². The second-order valence-corrected chi connectivity index (χ2v) is 6.91. The molecule has 0 unspecified atom stereocenters. The number of hydrogen-bond acceptors (Lipinski definition) is 3. The molecule has 1 amide bonds. The molecule has 2 rings (SSSR count). The standard InChI is InChI=1S/C20H32N4O2.HI/c1-5-21-20(23-14-19(25)24-10-6-7-11-24)22-13-17-9-8-16(4)12-18(17)26-15(2)3;/h8-9,12,15H,5-7,10-11,13-14H2,1-4H3,(H2,21,22,23);1H. The van der Waals surface area contributed by atoms with E-state index in [4.69, 9.17) is 4.74 Å². The van der Waals surface area contributed by atoms with Crippen LogP contribution in [0.3, 0.4) is 0 Å². The predicted molar refractivity (Wildman–Crippen MR) is 121 cm³/mol. The van der Waals surface area contributed by atoms with Gasteiger partial charge in [0.1, 0.15) is 5.75 Å².